The molecule has 2 heterocycles. The lowest BCUT2D eigenvalue weighted by Gasteiger charge is -2.35. The summed E-state index contributed by atoms with van der Waals surface area (Å²) in [7, 11) is 1.83. The third-order valence-corrected chi connectivity index (χ3v) is 3.78. The number of aromatic nitrogens is 2. The third kappa shape index (κ3) is 2.52. The van der Waals surface area contributed by atoms with Gasteiger partial charge in [-0.25, -0.2) is 0 Å². The summed E-state index contributed by atoms with van der Waals surface area (Å²) < 4.78 is 7.29. The van der Waals surface area contributed by atoms with E-state index in [9.17, 15) is 9.90 Å². The molecule has 1 aliphatic rings. The molecule has 21 heavy (non-hydrogen) atoms. The second-order valence-corrected chi connectivity index (χ2v) is 5.45. The van der Waals surface area contributed by atoms with Crippen molar-refractivity contribution in [3.63, 3.8) is 0 Å². The monoisotopic (exact) mass is 289 g/mol. The maximum Gasteiger partial charge on any atom is 0.275 e. The van der Waals surface area contributed by atoms with Crippen LogP contribution in [0.25, 0.3) is 10.9 Å². The normalized spacial score (nSPS) is 22.7. The van der Waals surface area contributed by atoms with Crippen molar-refractivity contribution in [1.29, 1.82) is 0 Å². The van der Waals surface area contributed by atoms with Crippen LogP contribution in [0.1, 0.15) is 17.4 Å². The minimum atomic E-state index is -0.326. The molecule has 6 nitrogen and oxygen atoms in total. The van der Waals surface area contributed by atoms with Crippen molar-refractivity contribution in [2.75, 3.05) is 19.7 Å². The van der Waals surface area contributed by atoms with Crippen molar-refractivity contribution in [1.82, 2.24) is 14.7 Å². The highest BCUT2D eigenvalue weighted by Crippen LogP contribution is 2.21. The second kappa shape index (κ2) is 5.46. The van der Waals surface area contributed by atoms with Gasteiger partial charge in [-0.15, -0.1) is 0 Å². The summed E-state index contributed by atoms with van der Waals surface area (Å²) in [6.07, 6.45) is -0.414. The van der Waals surface area contributed by atoms with Gasteiger partial charge in [0.05, 0.1) is 24.3 Å². The zero-order valence-corrected chi connectivity index (χ0v) is 12.2. The van der Waals surface area contributed by atoms with E-state index in [2.05, 4.69) is 5.10 Å². The number of fused-ring (bicyclic) bond motifs is 1. The first kappa shape index (κ1) is 14.0. The van der Waals surface area contributed by atoms with E-state index in [1.54, 1.807) is 9.58 Å². The molecule has 0 bridgehead atoms. The molecule has 3 rings (SSSR count). The van der Waals surface area contributed by atoms with Crippen LogP contribution in [0.4, 0.5) is 0 Å². The Morgan fingerprint density at radius 2 is 2.19 bits per heavy atom. The summed E-state index contributed by atoms with van der Waals surface area (Å²) in [5.41, 5.74) is 1.39. The fourth-order valence-electron chi connectivity index (χ4n) is 2.83. The van der Waals surface area contributed by atoms with Gasteiger partial charge in [0.2, 0.25) is 0 Å². The van der Waals surface area contributed by atoms with Crippen molar-refractivity contribution in [2.45, 2.75) is 19.1 Å². The molecule has 2 aromatic rings. The topological polar surface area (TPSA) is 67.6 Å². The third-order valence-electron chi connectivity index (χ3n) is 3.78. The number of ether oxygens (including phenoxy) is 1. The molecule has 1 aliphatic heterocycles. The molecule has 6 heteroatoms. The zero-order valence-electron chi connectivity index (χ0n) is 12.2. The Labute approximate surface area is 122 Å². The lowest BCUT2D eigenvalue weighted by atomic mass is 10.1. The second-order valence-electron chi connectivity index (χ2n) is 5.45. The summed E-state index contributed by atoms with van der Waals surface area (Å²) in [4.78, 5) is 14.5. The van der Waals surface area contributed by atoms with Gasteiger partial charge in [-0.1, -0.05) is 18.2 Å². The molecule has 1 aromatic carbocycles. The minimum Gasteiger partial charge on any atom is -0.394 e. The van der Waals surface area contributed by atoms with Crippen LogP contribution in [-0.2, 0) is 11.8 Å². The predicted octanol–water partition coefficient (Wildman–Crippen LogP) is 0.795. The fourth-order valence-corrected chi connectivity index (χ4v) is 2.83. The number of nitrogens with zero attached hydrogens (tertiary/aromatic N) is 3. The average molecular weight is 289 g/mol. The molecular weight excluding hydrogens is 270 g/mol. The zero-order chi connectivity index (χ0) is 15.0. The molecular formula is C15H19N3O3. The Bertz CT molecular complexity index is 667. The molecule has 112 valence electrons. The first-order valence-corrected chi connectivity index (χ1v) is 7.07. The van der Waals surface area contributed by atoms with E-state index in [1.165, 1.54) is 0 Å². The van der Waals surface area contributed by atoms with Crippen LogP contribution in [0, 0.1) is 0 Å². The van der Waals surface area contributed by atoms with Crippen LogP contribution >= 0.6 is 0 Å². The van der Waals surface area contributed by atoms with Gasteiger partial charge in [-0.2, -0.15) is 5.10 Å². The molecule has 0 aliphatic carbocycles. The molecule has 1 amide bonds. The Kier molecular flexibility index (Phi) is 3.65. The van der Waals surface area contributed by atoms with Gasteiger partial charge in [0, 0.05) is 25.5 Å². The number of carbonyl (C=O) groups is 1. The Morgan fingerprint density at radius 3 is 2.95 bits per heavy atom. The average Bonchev–Trinajstić information content (AvgIpc) is 2.83. The Balaban J connectivity index is 1.93. The van der Waals surface area contributed by atoms with Gasteiger partial charge in [0.1, 0.15) is 0 Å². The fraction of sp³-hybridized carbons (Fsp3) is 0.467. The summed E-state index contributed by atoms with van der Waals surface area (Å²) in [5.74, 6) is -0.111. The van der Waals surface area contributed by atoms with E-state index < -0.39 is 0 Å². The predicted molar refractivity (Wildman–Crippen MR) is 78.0 cm³/mol. The van der Waals surface area contributed by atoms with E-state index >= 15 is 0 Å². The summed E-state index contributed by atoms with van der Waals surface area (Å²) in [6, 6.07) is 7.68. The van der Waals surface area contributed by atoms with E-state index in [0.717, 1.165) is 10.9 Å². The summed E-state index contributed by atoms with van der Waals surface area (Å²) >= 11 is 0. The number of aliphatic hydroxyl groups is 1. The summed E-state index contributed by atoms with van der Waals surface area (Å²) in [5, 5.41) is 14.5. The van der Waals surface area contributed by atoms with Crippen LogP contribution < -0.4 is 0 Å². The van der Waals surface area contributed by atoms with Gasteiger partial charge < -0.3 is 14.7 Å². The number of morpholine rings is 1. The minimum absolute atomic E-state index is 0.0862. The van der Waals surface area contributed by atoms with Crippen LogP contribution in [0.2, 0.25) is 0 Å². The van der Waals surface area contributed by atoms with E-state index in [1.807, 2.05) is 38.2 Å². The highest BCUT2D eigenvalue weighted by atomic mass is 16.5. The molecule has 0 radical (unpaired) electrons. The lowest BCUT2D eigenvalue weighted by molar-refractivity contribution is -0.0859. The number of carbonyl (C=O) groups excluding carboxylic acids is 1. The van der Waals surface area contributed by atoms with Crippen molar-refractivity contribution < 1.29 is 14.6 Å². The molecule has 0 spiro atoms. The number of aryl methyl sites for hydroxylation is 1. The first-order valence-electron chi connectivity index (χ1n) is 7.07. The first-order chi connectivity index (χ1) is 10.1. The molecule has 1 fully saturated rings. The number of hydrogen-bond donors (Lipinski definition) is 1. The molecule has 1 N–H and O–H groups in total. The van der Waals surface area contributed by atoms with Crippen molar-refractivity contribution in [3.05, 3.63) is 30.0 Å². The largest absolute Gasteiger partial charge is 0.394 e. The van der Waals surface area contributed by atoms with E-state index in [0.29, 0.717) is 18.8 Å². The van der Waals surface area contributed by atoms with Crippen molar-refractivity contribution in [2.24, 2.45) is 7.05 Å². The molecule has 2 unspecified atom stereocenters. The van der Waals surface area contributed by atoms with Gasteiger partial charge >= 0.3 is 0 Å². The lowest BCUT2D eigenvalue weighted by Crippen LogP contribution is -2.50. The molecule has 0 saturated carbocycles. The number of para-hydroxylation sites is 1. The van der Waals surface area contributed by atoms with Gasteiger partial charge in [-0.3, -0.25) is 9.48 Å². The number of amides is 1. The molecule has 1 saturated heterocycles. The van der Waals surface area contributed by atoms with Gasteiger partial charge in [0.15, 0.2) is 5.69 Å². The highest BCUT2D eigenvalue weighted by Gasteiger charge is 2.30. The quantitative estimate of drug-likeness (QED) is 0.888. The summed E-state index contributed by atoms with van der Waals surface area (Å²) in [6.45, 7) is 2.72. The number of benzene rings is 1. The molecule has 2 atom stereocenters. The Hall–Kier alpha value is -1.92. The Morgan fingerprint density at radius 1 is 1.43 bits per heavy atom. The van der Waals surface area contributed by atoms with Crippen LogP contribution in [0.3, 0.4) is 0 Å². The number of aliphatic hydroxyl groups excluding tert-OH is 1. The highest BCUT2D eigenvalue weighted by molar-refractivity contribution is 6.04. The van der Waals surface area contributed by atoms with Gasteiger partial charge in [0.25, 0.3) is 5.91 Å². The maximum absolute atomic E-state index is 12.7. The van der Waals surface area contributed by atoms with Crippen molar-refractivity contribution in [3.8, 4) is 0 Å². The number of rotatable bonds is 2. The maximum atomic E-state index is 12.7. The number of hydrogen-bond acceptors (Lipinski definition) is 4. The standard InChI is InChI=1S/C15H19N3O3/c1-10-7-18(8-11(9-19)21-10)15(20)14-12-5-3-4-6-13(12)17(2)16-14/h3-6,10-11,19H,7-9H2,1-2H3. The molecule has 1 aromatic heterocycles. The van der Waals surface area contributed by atoms with E-state index in [4.69, 9.17) is 4.74 Å². The van der Waals surface area contributed by atoms with Crippen LogP contribution in [-0.4, -0.2) is 57.6 Å². The SMILES string of the molecule is CC1CN(C(=O)c2nn(C)c3ccccc23)CC(CO)O1. The van der Waals surface area contributed by atoms with Crippen LogP contribution in [0.5, 0.6) is 0 Å². The van der Waals surface area contributed by atoms with Crippen molar-refractivity contribution >= 4 is 16.8 Å². The smallest absolute Gasteiger partial charge is 0.275 e. The van der Waals surface area contributed by atoms with E-state index in [-0.39, 0.29) is 24.7 Å². The van der Waals surface area contributed by atoms with Gasteiger partial charge in [-0.05, 0) is 13.0 Å². The van der Waals surface area contributed by atoms with Crippen LogP contribution in [0.15, 0.2) is 24.3 Å².